The number of rotatable bonds is 14. The summed E-state index contributed by atoms with van der Waals surface area (Å²) in [6.45, 7) is 4.90. The number of hydrogen-bond donors (Lipinski definition) is 3. The van der Waals surface area contributed by atoms with Crippen LogP contribution in [0.3, 0.4) is 0 Å². The number of esters is 1. The van der Waals surface area contributed by atoms with E-state index >= 15 is 0 Å². The third-order valence-corrected chi connectivity index (χ3v) is 12.9. The topological polar surface area (TPSA) is 174 Å². The van der Waals surface area contributed by atoms with Crippen LogP contribution in [0.2, 0.25) is 0 Å². The molecule has 0 aromatic heterocycles. The van der Waals surface area contributed by atoms with E-state index in [0.717, 1.165) is 54.2 Å². The first kappa shape index (κ1) is 41.1. The van der Waals surface area contributed by atoms with E-state index in [1.54, 1.807) is 14.0 Å². The number of ketones is 1. The minimum absolute atomic E-state index is 0.0201. The molecule has 4 heterocycles. The molecule has 2 aliphatic carbocycles. The van der Waals surface area contributed by atoms with Gasteiger partial charge in [0.2, 0.25) is 5.76 Å². The Morgan fingerprint density at radius 1 is 1.14 bits per heavy atom. The van der Waals surface area contributed by atoms with Gasteiger partial charge in [-0.1, -0.05) is 29.9 Å². The fraction of sp³-hybridized carbons (Fsp3) is 0.522. The molecule has 0 bridgehead atoms. The van der Waals surface area contributed by atoms with E-state index < -0.39 is 30.2 Å². The lowest BCUT2D eigenvalue weighted by molar-refractivity contribution is -0.141. The molecule has 0 spiro atoms. The zero-order chi connectivity index (χ0) is 41.3. The van der Waals surface area contributed by atoms with Gasteiger partial charge >= 0.3 is 5.97 Å². The van der Waals surface area contributed by atoms with Gasteiger partial charge in [-0.3, -0.25) is 14.6 Å². The molecule has 13 heteroatoms. The fourth-order valence-corrected chi connectivity index (χ4v) is 10.1. The lowest BCUT2D eigenvalue weighted by Gasteiger charge is -2.49. The number of ether oxygens (including phenoxy) is 5. The van der Waals surface area contributed by atoms with Crippen LogP contribution in [0.1, 0.15) is 80.0 Å². The standard InChI is InChI=1S/C46H54N2O11/c1-3-56-45(53)44-33(25-50)39(29-9-11-37(52)31(22-29)27-8-10-36-28(21-27)12-15-47-36)40-42(57-20-6-18-49)32-23-38(58-41(32)34(26-51)43(40)59-44)46(54)14-4-7-30-24-48(16-5-19-55-2)17-13-35(30)46/h4,7-8,10,12,21,25,30-31,35,38,49,51,54H,3,5-6,9,11,13-20,22-24,26H2,1-2H3. The van der Waals surface area contributed by atoms with Crippen LogP contribution in [-0.4, -0.2) is 110 Å². The number of aldehydes is 1. The van der Waals surface area contributed by atoms with Gasteiger partial charge in [-0.25, -0.2) is 4.79 Å². The van der Waals surface area contributed by atoms with Crippen molar-refractivity contribution in [3.05, 3.63) is 80.1 Å². The summed E-state index contributed by atoms with van der Waals surface area (Å²) in [4.78, 5) is 47.6. The summed E-state index contributed by atoms with van der Waals surface area (Å²) in [5, 5.41) is 35.6. The molecule has 1 saturated carbocycles. The Hall–Kier alpha value is -4.66. The summed E-state index contributed by atoms with van der Waals surface area (Å²) in [5.41, 5.74) is 1.90. The van der Waals surface area contributed by atoms with Crippen molar-refractivity contribution in [2.45, 2.75) is 82.5 Å². The first-order valence-electron chi connectivity index (χ1n) is 21.0. The van der Waals surface area contributed by atoms with Crippen LogP contribution in [0.5, 0.6) is 17.2 Å². The predicted octanol–water partition coefficient (Wildman–Crippen LogP) is 3.02. The average molecular weight is 811 g/mol. The molecule has 0 amide bonds. The first-order valence-corrected chi connectivity index (χ1v) is 21.0. The van der Waals surface area contributed by atoms with Gasteiger partial charge in [0.15, 0.2) is 6.29 Å². The first-order chi connectivity index (χ1) is 28.7. The molecule has 0 radical (unpaired) electrons. The SMILES string of the molecule is CCOC(=O)C1=C(C=O)C(=C2CCC(=O)C(c3ccc4c(c3)=CCN=4)C2)c2c(OCCCO)c3c(c(CO)c2O1)OC(C1(O)CC=CC2CN(CCCOC)CCC21)C3. The van der Waals surface area contributed by atoms with Crippen molar-refractivity contribution < 1.29 is 53.4 Å². The number of carbonyl (C=O) groups excluding carboxylic acids is 3. The number of carbonyl (C=O) groups is 3. The molecule has 8 rings (SSSR count). The number of aliphatic hydroxyl groups excluding tert-OH is 2. The van der Waals surface area contributed by atoms with Crippen LogP contribution < -0.4 is 24.8 Å². The van der Waals surface area contributed by atoms with Crippen molar-refractivity contribution in [2.75, 3.05) is 59.7 Å². The van der Waals surface area contributed by atoms with Crippen molar-refractivity contribution in [1.82, 2.24) is 4.90 Å². The van der Waals surface area contributed by atoms with Crippen LogP contribution in [0, 0.1) is 11.8 Å². The van der Waals surface area contributed by atoms with E-state index in [1.165, 1.54) is 0 Å². The number of likely N-dealkylation sites (tertiary alicyclic amines) is 1. The smallest absolute Gasteiger partial charge is 0.375 e. The van der Waals surface area contributed by atoms with Crippen molar-refractivity contribution in [3.8, 4) is 17.2 Å². The highest BCUT2D eigenvalue weighted by molar-refractivity contribution is 6.11. The zero-order valence-corrected chi connectivity index (χ0v) is 33.9. The van der Waals surface area contributed by atoms with Gasteiger partial charge in [-0.05, 0) is 74.4 Å². The Morgan fingerprint density at radius 3 is 2.78 bits per heavy atom. The molecule has 314 valence electrons. The molecule has 2 fully saturated rings. The second-order valence-corrected chi connectivity index (χ2v) is 16.3. The lowest BCUT2D eigenvalue weighted by atomic mass is 9.66. The van der Waals surface area contributed by atoms with E-state index in [2.05, 4.69) is 16.0 Å². The normalized spacial score (nSPS) is 27.1. The third-order valence-electron chi connectivity index (χ3n) is 12.9. The Morgan fingerprint density at radius 2 is 2.00 bits per heavy atom. The number of hydrogen-bond acceptors (Lipinski definition) is 13. The summed E-state index contributed by atoms with van der Waals surface area (Å²) in [6, 6.07) is 5.85. The Kier molecular flexibility index (Phi) is 12.2. The monoisotopic (exact) mass is 810 g/mol. The number of Topliss-reactive ketones (excluding diaryl/α,β-unsaturated/α-hetero) is 1. The number of fused-ring (bicyclic) bond motifs is 4. The van der Waals surface area contributed by atoms with Crippen LogP contribution in [-0.2, 0) is 36.9 Å². The largest absolute Gasteiger partial charge is 0.492 e. The number of piperidine rings is 1. The summed E-state index contributed by atoms with van der Waals surface area (Å²) >= 11 is 0. The number of nitrogens with zero attached hydrogens (tertiary/aromatic N) is 2. The van der Waals surface area contributed by atoms with E-state index in [4.69, 9.17) is 23.7 Å². The zero-order valence-electron chi connectivity index (χ0n) is 33.9. The molecule has 13 nitrogen and oxygen atoms in total. The van der Waals surface area contributed by atoms with E-state index in [-0.39, 0.29) is 79.3 Å². The maximum absolute atomic E-state index is 13.7. The van der Waals surface area contributed by atoms with Crippen molar-refractivity contribution in [3.63, 3.8) is 0 Å². The maximum Gasteiger partial charge on any atom is 0.375 e. The maximum atomic E-state index is 13.7. The number of methoxy groups -OCH3 is 1. The van der Waals surface area contributed by atoms with Gasteiger partial charge < -0.3 is 43.9 Å². The van der Waals surface area contributed by atoms with Crippen LogP contribution >= 0.6 is 0 Å². The second kappa shape index (κ2) is 17.5. The molecule has 5 unspecified atom stereocenters. The number of benzene rings is 2. The Labute approximate surface area is 343 Å². The summed E-state index contributed by atoms with van der Waals surface area (Å²) in [7, 11) is 1.71. The third kappa shape index (κ3) is 7.56. The Balaban J connectivity index is 1.25. The molecule has 1 saturated heterocycles. The van der Waals surface area contributed by atoms with Crippen LogP contribution in [0.25, 0.3) is 11.6 Å². The van der Waals surface area contributed by atoms with Crippen molar-refractivity contribution in [1.29, 1.82) is 0 Å². The van der Waals surface area contributed by atoms with E-state index in [0.29, 0.717) is 66.9 Å². The molecule has 5 atom stereocenters. The molecule has 59 heavy (non-hydrogen) atoms. The fourth-order valence-electron chi connectivity index (χ4n) is 10.1. The van der Waals surface area contributed by atoms with Gasteiger partial charge in [0.25, 0.3) is 0 Å². The number of allylic oxidation sites excluding steroid dienone is 3. The van der Waals surface area contributed by atoms with Gasteiger partial charge in [0, 0.05) is 75.6 Å². The molecule has 6 aliphatic rings. The van der Waals surface area contributed by atoms with E-state index in [9.17, 15) is 29.7 Å². The van der Waals surface area contributed by atoms with Crippen molar-refractivity contribution >= 4 is 29.7 Å². The van der Waals surface area contributed by atoms with Gasteiger partial charge in [0.05, 0.1) is 48.4 Å². The summed E-state index contributed by atoms with van der Waals surface area (Å²) in [6.07, 6.45) is 9.50. The van der Waals surface area contributed by atoms with Gasteiger partial charge in [-0.15, -0.1) is 0 Å². The Bertz CT molecular complexity index is 2230. The minimum atomic E-state index is -1.26. The van der Waals surface area contributed by atoms with Crippen molar-refractivity contribution in [2.24, 2.45) is 16.8 Å². The molecule has 2 aromatic rings. The molecular formula is C46H54N2O11. The summed E-state index contributed by atoms with van der Waals surface area (Å²) in [5.74, 6) is -0.924. The quantitative estimate of drug-likeness (QED) is 0.110. The van der Waals surface area contributed by atoms with Crippen LogP contribution in [0.15, 0.2) is 52.2 Å². The highest BCUT2D eigenvalue weighted by Crippen LogP contribution is 2.57. The van der Waals surface area contributed by atoms with Gasteiger partial charge in [-0.2, -0.15) is 0 Å². The predicted molar refractivity (Wildman–Crippen MR) is 216 cm³/mol. The molecule has 4 aliphatic heterocycles. The molecular weight excluding hydrogens is 757 g/mol. The minimum Gasteiger partial charge on any atom is -0.492 e. The van der Waals surface area contributed by atoms with Gasteiger partial charge in [0.1, 0.15) is 34.7 Å². The van der Waals surface area contributed by atoms with Crippen LogP contribution in [0.4, 0.5) is 0 Å². The molecule has 3 N–H and O–H groups in total. The summed E-state index contributed by atoms with van der Waals surface area (Å²) < 4.78 is 30.5. The average Bonchev–Trinajstić information content (AvgIpc) is 3.92. The molecule has 2 aromatic carbocycles. The number of aliphatic hydroxyl groups is 3. The lowest BCUT2D eigenvalue weighted by Crippen LogP contribution is -2.58. The van der Waals surface area contributed by atoms with E-state index in [1.807, 2.05) is 30.4 Å². The highest BCUT2D eigenvalue weighted by atomic mass is 16.6. The second-order valence-electron chi connectivity index (χ2n) is 16.3. The highest BCUT2D eigenvalue weighted by Gasteiger charge is 2.54.